The van der Waals surface area contributed by atoms with Gasteiger partial charge in [0.05, 0.1) is 31.7 Å². The zero-order valence-electron chi connectivity index (χ0n) is 17.4. The number of ether oxygens (including phenoxy) is 3. The van der Waals surface area contributed by atoms with E-state index in [1.165, 1.54) is 4.31 Å². The van der Waals surface area contributed by atoms with Crippen molar-refractivity contribution >= 4 is 15.9 Å². The van der Waals surface area contributed by atoms with Gasteiger partial charge in [-0.05, 0) is 42.7 Å². The van der Waals surface area contributed by atoms with Crippen LogP contribution in [0.25, 0.3) is 0 Å². The van der Waals surface area contributed by atoms with Crippen LogP contribution >= 0.6 is 0 Å². The molecule has 168 valence electrons. The van der Waals surface area contributed by atoms with Crippen LogP contribution in [0, 0.1) is 0 Å². The molecule has 1 aromatic carbocycles. The lowest BCUT2D eigenvalue weighted by molar-refractivity contribution is -0.133. The lowest BCUT2D eigenvalue weighted by Crippen LogP contribution is -2.44. The van der Waals surface area contributed by atoms with Gasteiger partial charge in [0.25, 0.3) is 0 Å². The Hall–Kier alpha value is -2.56. The number of furan rings is 1. The van der Waals surface area contributed by atoms with Crippen LogP contribution in [0.15, 0.2) is 41.0 Å². The molecule has 2 aliphatic rings. The van der Waals surface area contributed by atoms with E-state index in [-0.39, 0.29) is 45.0 Å². The van der Waals surface area contributed by atoms with Crippen LogP contribution in [0.1, 0.15) is 24.2 Å². The van der Waals surface area contributed by atoms with Gasteiger partial charge in [-0.1, -0.05) is 6.07 Å². The first-order valence-electron chi connectivity index (χ1n) is 10.1. The summed E-state index contributed by atoms with van der Waals surface area (Å²) >= 11 is 0. The van der Waals surface area contributed by atoms with Crippen molar-refractivity contribution < 1.29 is 31.8 Å². The summed E-state index contributed by atoms with van der Waals surface area (Å²) < 4.78 is 47.6. The Balaban J connectivity index is 1.51. The van der Waals surface area contributed by atoms with E-state index in [4.69, 9.17) is 18.6 Å². The average Bonchev–Trinajstić information content (AvgIpc) is 3.48. The summed E-state index contributed by atoms with van der Waals surface area (Å²) in [6.07, 6.45) is 4.15. The summed E-state index contributed by atoms with van der Waals surface area (Å²) in [5, 5.41) is 0. The maximum Gasteiger partial charge on any atom is 0.238 e. The van der Waals surface area contributed by atoms with Gasteiger partial charge >= 0.3 is 0 Å². The fraction of sp³-hybridized carbons (Fsp3) is 0.476. The van der Waals surface area contributed by atoms with Crippen LogP contribution in [-0.4, -0.2) is 62.4 Å². The first kappa shape index (κ1) is 21.7. The minimum absolute atomic E-state index is 0.167. The van der Waals surface area contributed by atoms with E-state index in [0.717, 1.165) is 24.7 Å². The Labute approximate surface area is 181 Å². The molecule has 1 amide bonds. The molecule has 0 saturated carbocycles. The Kier molecular flexibility index (Phi) is 6.49. The van der Waals surface area contributed by atoms with E-state index < -0.39 is 10.0 Å². The highest BCUT2D eigenvalue weighted by molar-refractivity contribution is 7.88. The molecule has 0 N–H and O–H groups in total. The summed E-state index contributed by atoms with van der Waals surface area (Å²) in [7, 11) is -3.58. The fourth-order valence-corrected chi connectivity index (χ4v) is 4.45. The summed E-state index contributed by atoms with van der Waals surface area (Å²) in [5.74, 6) is 1.57. The van der Waals surface area contributed by atoms with E-state index in [9.17, 15) is 13.2 Å². The molecular weight excluding hydrogens is 424 g/mol. The van der Waals surface area contributed by atoms with Gasteiger partial charge in [-0.25, -0.2) is 8.42 Å². The molecule has 4 rings (SSSR count). The van der Waals surface area contributed by atoms with Crippen LogP contribution in [0.4, 0.5) is 0 Å². The van der Waals surface area contributed by atoms with E-state index in [1.807, 2.05) is 12.1 Å². The zero-order valence-corrected chi connectivity index (χ0v) is 18.2. The van der Waals surface area contributed by atoms with Gasteiger partial charge in [0, 0.05) is 19.7 Å². The number of benzene rings is 1. The molecular formula is C21H26N2O7S. The minimum Gasteiger partial charge on any atom is -0.467 e. The second-order valence-corrected chi connectivity index (χ2v) is 9.69. The molecule has 1 fully saturated rings. The van der Waals surface area contributed by atoms with Gasteiger partial charge in [0.15, 0.2) is 11.5 Å². The lowest BCUT2D eigenvalue weighted by Gasteiger charge is -2.27. The summed E-state index contributed by atoms with van der Waals surface area (Å²) in [5.41, 5.74) is 0.842. The predicted octanol–water partition coefficient (Wildman–Crippen LogP) is 1.98. The van der Waals surface area contributed by atoms with E-state index in [1.54, 1.807) is 29.4 Å². The molecule has 1 aromatic heterocycles. The van der Waals surface area contributed by atoms with E-state index in [0.29, 0.717) is 23.9 Å². The number of hydrogen-bond donors (Lipinski definition) is 0. The molecule has 2 aliphatic heterocycles. The van der Waals surface area contributed by atoms with Crippen LogP contribution in [0.2, 0.25) is 0 Å². The van der Waals surface area contributed by atoms with E-state index in [2.05, 4.69) is 0 Å². The van der Waals surface area contributed by atoms with Crippen LogP contribution in [0.3, 0.4) is 0 Å². The second kappa shape index (κ2) is 9.29. The molecule has 1 unspecified atom stereocenters. The topological polar surface area (TPSA) is 98.5 Å². The first-order valence-corrected chi connectivity index (χ1v) is 12.0. The average molecular weight is 451 g/mol. The van der Waals surface area contributed by atoms with Gasteiger partial charge in [-0.3, -0.25) is 4.79 Å². The smallest absolute Gasteiger partial charge is 0.238 e. The quantitative estimate of drug-likeness (QED) is 0.576. The molecule has 9 nitrogen and oxygen atoms in total. The molecule has 1 saturated heterocycles. The number of hydrogen-bond acceptors (Lipinski definition) is 7. The monoisotopic (exact) mass is 450 g/mol. The number of amides is 1. The number of fused-ring (bicyclic) bond motifs is 1. The maximum absolute atomic E-state index is 13.2. The zero-order chi connectivity index (χ0) is 21.8. The third-order valence-electron chi connectivity index (χ3n) is 5.30. The number of rotatable bonds is 9. The van der Waals surface area contributed by atoms with Crippen molar-refractivity contribution in [2.75, 3.05) is 32.7 Å². The molecule has 31 heavy (non-hydrogen) atoms. The standard InChI is InChI=1S/C21H26N2O7S/c1-31(25,26)23(13-18-5-3-9-28-18)14-21(24)22(12-17-4-2-8-27-17)11-16-6-7-19-20(10-16)30-15-29-19/h2,4,6-8,10,18H,3,5,9,11-15H2,1H3. The molecule has 0 bridgehead atoms. The Bertz CT molecular complexity index is 1000. The minimum atomic E-state index is -3.58. The third-order valence-corrected chi connectivity index (χ3v) is 6.52. The van der Waals surface area contributed by atoms with Gasteiger partial charge in [-0.2, -0.15) is 4.31 Å². The summed E-state index contributed by atoms with van der Waals surface area (Å²) in [6.45, 7) is 1.18. The molecule has 0 radical (unpaired) electrons. The maximum atomic E-state index is 13.2. The number of nitrogens with zero attached hydrogens (tertiary/aromatic N) is 2. The highest BCUT2D eigenvalue weighted by Gasteiger charge is 2.29. The van der Waals surface area contributed by atoms with Crippen molar-refractivity contribution in [1.82, 2.24) is 9.21 Å². The third kappa shape index (κ3) is 5.57. The lowest BCUT2D eigenvalue weighted by atomic mass is 10.2. The summed E-state index contributed by atoms with van der Waals surface area (Å²) in [6, 6.07) is 9.01. The van der Waals surface area contributed by atoms with E-state index >= 15 is 0 Å². The van der Waals surface area contributed by atoms with Gasteiger partial charge < -0.3 is 23.5 Å². The van der Waals surface area contributed by atoms with Crippen molar-refractivity contribution in [1.29, 1.82) is 0 Å². The predicted molar refractivity (Wildman–Crippen MR) is 111 cm³/mol. The van der Waals surface area contributed by atoms with Crippen LogP contribution < -0.4 is 9.47 Å². The Morgan fingerprint density at radius 1 is 1.16 bits per heavy atom. The highest BCUT2D eigenvalue weighted by atomic mass is 32.2. The molecule has 0 aliphatic carbocycles. The van der Waals surface area contributed by atoms with Crippen LogP contribution in [0.5, 0.6) is 11.5 Å². The highest BCUT2D eigenvalue weighted by Crippen LogP contribution is 2.33. The van der Waals surface area contributed by atoms with Crippen LogP contribution in [-0.2, 0) is 32.6 Å². The normalized spacial score (nSPS) is 17.9. The second-order valence-electron chi connectivity index (χ2n) is 7.71. The molecule has 0 spiro atoms. The van der Waals surface area contributed by atoms with Crippen molar-refractivity contribution in [3.05, 3.63) is 47.9 Å². The largest absolute Gasteiger partial charge is 0.467 e. The first-order chi connectivity index (χ1) is 14.9. The Morgan fingerprint density at radius 3 is 2.71 bits per heavy atom. The molecule has 2 aromatic rings. The van der Waals surface area contributed by atoms with Gasteiger partial charge in [0.1, 0.15) is 5.76 Å². The summed E-state index contributed by atoms with van der Waals surface area (Å²) in [4.78, 5) is 14.8. The van der Waals surface area contributed by atoms with Crippen molar-refractivity contribution in [2.45, 2.75) is 32.0 Å². The number of carbonyl (C=O) groups is 1. The molecule has 10 heteroatoms. The number of sulfonamides is 1. The molecule has 3 heterocycles. The SMILES string of the molecule is CS(=O)(=O)N(CC(=O)N(Cc1ccc2c(c1)OCO2)Cc1ccco1)CC1CCCO1. The Morgan fingerprint density at radius 2 is 2.00 bits per heavy atom. The van der Waals surface area contributed by atoms with Crippen molar-refractivity contribution in [3.8, 4) is 11.5 Å². The van der Waals surface area contributed by atoms with Gasteiger partial charge in [-0.15, -0.1) is 0 Å². The van der Waals surface area contributed by atoms with Crippen molar-refractivity contribution in [3.63, 3.8) is 0 Å². The fourth-order valence-electron chi connectivity index (χ4n) is 3.67. The van der Waals surface area contributed by atoms with Gasteiger partial charge in [0.2, 0.25) is 22.7 Å². The molecule has 1 atom stereocenters. The number of carbonyl (C=O) groups excluding carboxylic acids is 1. The van der Waals surface area contributed by atoms with Crippen molar-refractivity contribution in [2.24, 2.45) is 0 Å².